The van der Waals surface area contributed by atoms with Crippen molar-refractivity contribution in [3.63, 3.8) is 0 Å². The molecule has 0 spiro atoms. The molecule has 3 heteroatoms. The Labute approximate surface area is 156 Å². The molecule has 3 nitrogen and oxygen atoms in total. The van der Waals surface area contributed by atoms with Gasteiger partial charge in [0.2, 0.25) is 0 Å². The van der Waals surface area contributed by atoms with Gasteiger partial charge in [-0.05, 0) is 42.8 Å². The normalized spacial score (nSPS) is 14.9. The second-order valence-corrected chi connectivity index (χ2v) is 7.75. The van der Waals surface area contributed by atoms with Crippen molar-refractivity contribution in [2.45, 2.75) is 19.3 Å². The van der Waals surface area contributed by atoms with Gasteiger partial charge in [-0.15, -0.1) is 0 Å². The molecule has 0 bridgehead atoms. The summed E-state index contributed by atoms with van der Waals surface area (Å²) in [4.78, 5) is 8.29. The zero-order valence-electron chi connectivity index (χ0n) is 15.2. The average Bonchev–Trinajstić information content (AvgIpc) is 3.08. The maximum absolute atomic E-state index is 6.47. The van der Waals surface area contributed by atoms with Gasteiger partial charge in [-0.25, -0.2) is 0 Å². The maximum atomic E-state index is 6.47. The monoisotopic (exact) mass is 350 g/mol. The molecule has 3 aromatic carbocycles. The quantitative estimate of drug-likeness (QED) is 0.356. The van der Waals surface area contributed by atoms with Crippen LogP contribution in [0.25, 0.3) is 32.6 Å². The van der Waals surface area contributed by atoms with E-state index >= 15 is 0 Å². The summed E-state index contributed by atoms with van der Waals surface area (Å²) in [5.41, 5.74) is 4.12. The molecule has 5 aromatic rings. The summed E-state index contributed by atoms with van der Waals surface area (Å²) < 4.78 is 6.47. The van der Waals surface area contributed by atoms with E-state index in [1.54, 1.807) is 0 Å². The van der Waals surface area contributed by atoms with E-state index in [4.69, 9.17) is 4.74 Å². The number of aromatic nitrogens is 2. The van der Waals surface area contributed by atoms with Crippen LogP contribution in [-0.4, -0.2) is 9.97 Å². The summed E-state index contributed by atoms with van der Waals surface area (Å²) in [6.07, 6.45) is 1.85. The largest absolute Gasteiger partial charge is 0.453 e. The summed E-state index contributed by atoms with van der Waals surface area (Å²) in [7, 11) is 0. The number of H-pyrrole nitrogens is 1. The molecule has 0 saturated carbocycles. The van der Waals surface area contributed by atoms with Gasteiger partial charge in [0.1, 0.15) is 5.75 Å². The molecule has 6 rings (SSSR count). The van der Waals surface area contributed by atoms with Gasteiger partial charge < -0.3 is 9.72 Å². The summed E-state index contributed by atoms with van der Waals surface area (Å²) in [6.45, 7) is 4.47. The zero-order chi connectivity index (χ0) is 18.2. The molecule has 1 N–H and O–H groups in total. The third kappa shape index (κ3) is 1.78. The number of nitrogens with one attached hydrogen (secondary N) is 1. The fourth-order valence-corrected chi connectivity index (χ4v) is 4.65. The van der Waals surface area contributed by atoms with Crippen LogP contribution < -0.4 is 4.74 Å². The predicted molar refractivity (Wildman–Crippen MR) is 110 cm³/mol. The van der Waals surface area contributed by atoms with E-state index in [-0.39, 0.29) is 5.41 Å². The van der Waals surface area contributed by atoms with Crippen LogP contribution in [0, 0.1) is 0 Å². The Bertz CT molecular complexity index is 1380. The van der Waals surface area contributed by atoms with E-state index in [0.29, 0.717) is 0 Å². The van der Waals surface area contributed by atoms with Crippen molar-refractivity contribution in [1.82, 2.24) is 9.97 Å². The lowest BCUT2D eigenvalue weighted by Crippen LogP contribution is -2.26. The van der Waals surface area contributed by atoms with Crippen LogP contribution in [0.4, 0.5) is 0 Å². The van der Waals surface area contributed by atoms with Crippen molar-refractivity contribution in [2.75, 3.05) is 0 Å². The Hall–Kier alpha value is -3.33. The van der Waals surface area contributed by atoms with E-state index in [2.05, 4.69) is 72.3 Å². The Morgan fingerprint density at radius 1 is 0.852 bits per heavy atom. The first-order valence-electron chi connectivity index (χ1n) is 9.25. The number of fused-ring (bicyclic) bond motifs is 9. The van der Waals surface area contributed by atoms with E-state index in [1.165, 1.54) is 27.1 Å². The second-order valence-electron chi connectivity index (χ2n) is 7.75. The number of rotatable bonds is 0. The topological polar surface area (TPSA) is 37.9 Å². The van der Waals surface area contributed by atoms with Gasteiger partial charge in [0.05, 0.1) is 11.2 Å². The minimum Gasteiger partial charge on any atom is -0.453 e. The van der Waals surface area contributed by atoms with Crippen LogP contribution >= 0.6 is 0 Å². The van der Waals surface area contributed by atoms with Gasteiger partial charge in [-0.2, -0.15) is 0 Å². The summed E-state index contributed by atoms with van der Waals surface area (Å²) in [5.74, 6) is 1.76. The van der Waals surface area contributed by atoms with Gasteiger partial charge in [0, 0.05) is 33.5 Å². The Kier molecular flexibility index (Phi) is 2.68. The highest BCUT2D eigenvalue weighted by atomic mass is 16.5. The number of ether oxygens (including phenoxy) is 1. The molecular weight excluding hydrogens is 332 g/mol. The molecule has 0 aliphatic carbocycles. The second kappa shape index (κ2) is 4.89. The standard InChI is InChI=1S/C24H18N2O/c1-24(2)20-15-9-4-3-8-14(15)19-16-10-5-6-11-17(16)26-21(19)22(20)27-18-12-7-13-25-23(18)24/h3-13,26H,1-2H3. The molecule has 2 aromatic heterocycles. The smallest absolute Gasteiger partial charge is 0.156 e. The summed E-state index contributed by atoms with van der Waals surface area (Å²) in [5, 5.41) is 4.93. The van der Waals surface area contributed by atoms with Crippen molar-refractivity contribution in [1.29, 1.82) is 0 Å². The minimum atomic E-state index is -0.255. The molecule has 0 unspecified atom stereocenters. The van der Waals surface area contributed by atoms with Crippen molar-refractivity contribution in [3.05, 3.63) is 78.1 Å². The number of para-hydroxylation sites is 1. The van der Waals surface area contributed by atoms with Crippen molar-refractivity contribution in [3.8, 4) is 11.5 Å². The number of aromatic amines is 1. The Morgan fingerprint density at radius 2 is 1.59 bits per heavy atom. The lowest BCUT2D eigenvalue weighted by atomic mass is 9.75. The van der Waals surface area contributed by atoms with E-state index in [9.17, 15) is 0 Å². The van der Waals surface area contributed by atoms with Gasteiger partial charge >= 0.3 is 0 Å². The highest BCUT2D eigenvalue weighted by molar-refractivity contribution is 6.23. The molecule has 3 heterocycles. The number of hydrogen-bond donors (Lipinski definition) is 1. The third-order valence-corrected chi connectivity index (χ3v) is 5.83. The molecule has 0 amide bonds. The summed E-state index contributed by atoms with van der Waals surface area (Å²) in [6, 6.07) is 21.0. The zero-order valence-corrected chi connectivity index (χ0v) is 15.2. The molecule has 0 radical (unpaired) electrons. The third-order valence-electron chi connectivity index (χ3n) is 5.83. The molecule has 0 fully saturated rings. The minimum absolute atomic E-state index is 0.255. The van der Waals surface area contributed by atoms with Crippen LogP contribution in [0.3, 0.4) is 0 Å². The lowest BCUT2D eigenvalue weighted by Gasteiger charge is -2.34. The number of pyridine rings is 1. The van der Waals surface area contributed by atoms with Crippen molar-refractivity contribution < 1.29 is 4.74 Å². The van der Waals surface area contributed by atoms with Crippen molar-refractivity contribution >= 4 is 32.6 Å². The first-order valence-corrected chi connectivity index (χ1v) is 9.25. The van der Waals surface area contributed by atoms with Crippen molar-refractivity contribution in [2.24, 2.45) is 0 Å². The molecule has 130 valence electrons. The van der Waals surface area contributed by atoms with Crippen LogP contribution in [0.5, 0.6) is 11.5 Å². The van der Waals surface area contributed by atoms with E-state index in [0.717, 1.165) is 28.2 Å². The molecule has 0 atom stereocenters. The van der Waals surface area contributed by atoms with Crippen LogP contribution in [-0.2, 0) is 5.41 Å². The predicted octanol–water partition coefficient (Wildman–Crippen LogP) is 6.30. The molecule has 1 aliphatic heterocycles. The first kappa shape index (κ1) is 14.8. The SMILES string of the molecule is CC1(C)c2ncccc2Oc2c1c1ccccc1c1c2[nH]c2ccccc21. The van der Waals surface area contributed by atoms with Crippen LogP contribution in [0.1, 0.15) is 25.1 Å². The Morgan fingerprint density at radius 3 is 2.44 bits per heavy atom. The number of hydrogen-bond acceptors (Lipinski definition) is 2. The fourth-order valence-electron chi connectivity index (χ4n) is 4.65. The molecule has 1 aliphatic rings. The molecule has 0 saturated heterocycles. The highest BCUT2D eigenvalue weighted by Gasteiger charge is 2.38. The summed E-state index contributed by atoms with van der Waals surface area (Å²) >= 11 is 0. The molecular formula is C24H18N2O. The average molecular weight is 350 g/mol. The van der Waals surface area contributed by atoms with Crippen LogP contribution in [0.2, 0.25) is 0 Å². The number of nitrogens with zero attached hydrogens (tertiary/aromatic N) is 1. The van der Waals surface area contributed by atoms with Gasteiger partial charge in [0.15, 0.2) is 5.75 Å². The van der Waals surface area contributed by atoms with Crippen LogP contribution in [0.15, 0.2) is 66.9 Å². The van der Waals surface area contributed by atoms with E-state index < -0.39 is 0 Å². The first-order chi connectivity index (χ1) is 13.2. The lowest BCUT2D eigenvalue weighted by molar-refractivity contribution is 0.416. The number of benzene rings is 3. The van der Waals surface area contributed by atoms with Gasteiger partial charge in [-0.3, -0.25) is 4.98 Å². The molecule has 27 heavy (non-hydrogen) atoms. The fraction of sp³-hybridized carbons (Fsp3) is 0.125. The highest BCUT2D eigenvalue weighted by Crippen LogP contribution is 2.53. The van der Waals surface area contributed by atoms with Gasteiger partial charge in [0.25, 0.3) is 0 Å². The maximum Gasteiger partial charge on any atom is 0.156 e. The Balaban J connectivity index is 1.89. The van der Waals surface area contributed by atoms with Gasteiger partial charge in [-0.1, -0.05) is 42.5 Å². The van der Waals surface area contributed by atoms with E-state index in [1.807, 2.05) is 18.3 Å².